The number of ether oxygens (including phenoxy) is 4. The summed E-state index contributed by atoms with van der Waals surface area (Å²) in [5.74, 6) is 0.363. The van der Waals surface area contributed by atoms with Gasteiger partial charge in [0.15, 0.2) is 11.5 Å². The Kier molecular flexibility index (Phi) is 6.37. The van der Waals surface area contributed by atoms with Gasteiger partial charge in [-0.05, 0) is 66.6 Å². The molecule has 2 aliphatic rings. The van der Waals surface area contributed by atoms with Crippen molar-refractivity contribution in [2.75, 3.05) is 13.3 Å². The Bertz CT molecular complexity index is 1260. The molecule has 0 radical (unpaired) electrons. The lowest BCUT2D eigenvalue weighted by molar-refractivity contribution is -0.141. The molecule has 1 amide bonds. The number of benzene rings is 3. The van der Waals surface area contributed by atoms with Crippen LogP contribution in [0.5, 0.6) is 23.0 Å². The third kappa shape index (κ3) is 5.12. The van der Waals surface area contributed by atoms with Gasteiger partial charge in [-0.2, -0.15) is 0 Å². The molecule has 9 heteroatoms. The number of nitrogens with one attached hydrogen (secondary N) is 1. The summed E-state index contributed by atoms with van der Waals surface area (Å²) < 4.78 is 22.4. The minimum Gasteiger partial charge on any atom is -0.481 e. The Labute approximate surface area is 206 Å². The third-order valence-corrected chi connectivity index (χ3v) is 6.09. The SMILES string of the molecule is O=C(NCCc1ccc2c(c1)OCO2)c1ccc(OC2CC(C(=O)O)c3cc(Cl)ccc3O2)cc1. The monoisotopic (exact) mass is 495 g/mol. The summed E-state index contributed by atoms with van der Waals surface area (Å²) in [6.07, 6.45) is -0.00343. The van der Waals surface area contributed by atoms with Crippen molar-refractivity contribution in [2.24, 2.45) is 0 Å². The number of halogens is 1. The minimum absolute atomic E-state index is 0.130. The number of hydrogen-bond donors (Lipinski definition) is 2. The van der Waals surface area contributed by atoms with Gasteiger partial charge in [-0.1, -0.05) is 17.7 Å². The lowest BCUT2D eigenvalue weighted by Crippen LogP contribution is -2.33. The van der Waals surface area contributed by atoms with Gasteiger partial charge in [-0.25, -0.2) is 0 Å². The zero-order valence-electron chi connectivity index (χ0n) is 18.5. The van der Waals surface area contributed by atoms with Gasteiger partial charge >= 0.3 is 5.97 Å². The highest BCUT2D eigenvalue weighted by Gasteiger charge is 2.34. The Balaban J connectivity index is 1.16. The molecular weight excluding hydrogens is 474 g/mol. The highest BCUT2D eigenvalue weighted by atomic mass is 35.5. The van der Waals surface area contributed by atoms with E-state index in [1.54, 1.807) is 42.5 Å². The van der Waals surface area contributed by atoms with E-state index in [9.17, 15) is 14.7 Å². The molecule has 0 aliphatic carbocycles. The quantitative estimate of drug-likeness (QED) is 0.500. The maximum Gasteiger partial charge on any atom is 0.311 e. The Morgan fingerprint density at radius 2 is 1.77 bits per heavy atom. The van der Waals surface area contributed by atoms with Crippen molar-refractivity contribution in [2.45, 2.75) is 25.0 Å². The normalized spacial score (nSPS) is 17.7. The summed E-state index contributed by atoms with van der Waals surface area (Å²) in [5, 5.41) is 13.0. The predicted molar refractivity (Wildman–Crippen MR) is 127 cm³/mol. The molecule has 3 aromatic rings. The van der Waals surface area contributed by atoms with Gasteiger partial charge in [0.2, 0.25) is 13.1 Å². The number of fused-ring (bicyclic) bond motifs is 2. The smallest absolute Gasteiger partial charge is 0.311 e. The van der Waals surface area contributed by atoms with Crippen LogP contribution in [0.1, 0.15) is 33.8 Å². The fraction of sp³-hybridized carbons (Fsp3) is 0.231. The molecule has 3 aromatic carbocycles. The highest BCUT2D eigenvalue weighted by molar-refractivity contribution is 6.30. The summed E-state index contributed by atoms with van der Waals surface area (Å²) >= 11 is 6.01. The van der Waals surface area contributed by atoms with Crippen LogP contribution in [-0.2, 0) is 11.2 Å². The molecule has 8 nitrogen and oxygen atoms in total. The third-order valence-electron chi connectivity index (χ3n) is 5.85. The molecule has 5 rings (SSSR count). The second-order valence-electron chi connectivity index (χ2n) is 8.19. The fourth-order valence-corrected chi connectivity index (χ4v) is 4.25. The second kappa shape index (κ2) is 9.76. The van der Waals surface area contributed by atoms with E-state index in [4.69, 9.17) is 30.5 Å². The topological polar surface area (TPSA) is 103 Å². The van der Waals surface area contributed by atoms with E-state index in [1.165, 1.54) is 0 Å². The van der Waals surface area contributed by atoms with E-state index in [0.717, 1.165) is 11.3 Å². The summed E-state index contributed by atoms with van der Waals surface area (Å²) in [7, 11) is 0. The summed E-state index contributed by atoms with van der Waals surface area (Å²) in [6.45, 7) is 0.692. The number of rotatable bonds is 7. The van der Waals surface area contributed by atoms with Crippen molar-refractivity contribution < 1.29 is 33.6 Å². The van der Waals surface area contributed by atoms with Crippen LogP contribution >= 0.6 is 11.6 Å². The largest absolute Gasteiger partial charge is 0.481 e. The molecule has 2 N–H and O–H groups in total. The molecule has 2 unspecified atom stereocenters. The molecule has 0 aromatic heterocycles. The van der Waals surface area contributed by atoms with Crippen molar-refractivity contribution in [1.82, 2.24) is 5.32 Å². The van der Waals surface area contributed by atoms with Gasteiger partial charge in [-0.15, -0.1) is 0 Å². The zero-order valence-corrected chi connectivity index (χ0v) is 19.3. The number of amides is 1. The van der Waals surface area contributed by atoms with Crippen LogP contribution in [0.15, 0.2) is 60.7 Å². The first kappa shape index (κ1) is 22.9. The molecule has 0 saturated carbocycles. The van der Waals surface area contributed by atoms with E-state index >= 15 is 0 Å². The van der Waals surface area contributed by atoms with Gasteiger partial charge < -0.3 is 29.4 Å². The molecule has 180 valence electrons. The van der Waals surface area contributed by atoms with Crippen LogP contribution in [-0.4, -0.2) is 36.6 Å². The standard InChI is InChI=1S/C26H22ClNO7/c27-17-4-8-21-19(12-17)20(26(30)31)13-24(35-21)34-18-5-2-16(3-6-18)25(29)28-10-9-15-1-7-22-23(11-15)33-14-32-22/h1-8,11-12,20,24H,9-10,13-14H2,(H,28,29)(H,30,31). The molecule has 0 bridgehead atoms. The van der Waals surface area contributed by atoms with Crippen molar-refractivity contribution >= 4 is 23.5 Å². The number of carboxylic acid groups (broad SMARTS) is 1. The van der Waals surface area contributed by atoms with E-state index in [0.29, 0.717) is 46.4 Å². The summed E-state index contributed by atoms with van der Waals surface area (Å²) in [4.78, 5) is 24.3. The highest BCUT2D eigenvalue weighted by Crippen LogP contribution is 2.38. The lowest BCUT2D eigenvalue weighted by Gasteiger charge is -2.30. The zero-order chi connectivity index (χ0) is 24.4. The van der Waals surface area contributed by atoms with Gasteiger partial charge in [-0.3, -0.25) is 9.59 Å². The van der Waals surface area contributed by atoms with Crippen LogP contribution in [0, 0.1) is 0 Å². The maximum atomic E-state index is 12.5. The number of carbonyl (C=O) groups is 2. The van der Waals surface area contributed by atoms with E-state index in [-0.39, 0.29) is 19.1 Å². The van der Waals surface area contributed by atoms with Crippen LogP contribution < -0.4 is 24.3 Å². The van der Waals surface area contributed by atoms with Gasteiger partial charge in [0.1, 0.15) is 11.5 Å². The first-order valence-electron chi connectivity index (χ1n) is 11.1. The molecular formula is C26H22ClNO7. The van der Waals surface area contributed by atoms with E-state index < -0.39 is 18.2 Å². The molecule has 0 saturated heterocycles. The van der Waals surface area contributed by atoms with Gasteiger partial charge in [0.05, 0.1) is 5.92 Å². The van der Waals surface area contributed by atoms with Crippen LogP contribution in [0.3, 0.4) is 0 Å². The Hall–Kier alpha value is -3.91. The number of carbonyl (C=O) groups excluding carboxylic acids is 1. The molecule has 35 heavy (non-hydrogen) atoms. The van der Waals surface area contributed by atoms with E-state index in [1.807, 2.05) is 18.2 Å². The average Bonchev–Trinajstić information content (AvgIpc) is 3.32. The van der Waals surface area contributed by atoms with Crippen molar-refractivity contribution in [3.63, 3.8) is 0 Å². The fourth-order valence-electron chi connectivity index (χ4n) is 4.07. The molecule has 0 fully saturated rings. The average molecular weight is 496 g/mol. The molecule has 0 spiro atoms. The molecule has 2 heterocycles. The predicted octanol–water partition coefficient (Wildman–Crippen LogP) is 4.40. The minimum atomic E-state index is -0.974. The molecule has 2 aliphatic heterocycles. The van der Waals surface area contributed by atoms with Crippen molar-refractivity contribution in [3.05, 3.63) is 82.4 Å². The number of hydrogen-bond acceptors (Lipinski definition) is 6. The van der Waals surface area contributed by atoms with Crippen LogP contribution in [0.25, 0.3) is 0 Å². The summed E-state index contributed by atoms with van der Waals surface area (Å²) in [5.41, 5.74) is 2.04. The summed E-state index contributed by atoms with van der Waals surface area (Å²) in [6, 6.07) is 17.2. The van der Waals surface area contributed by atoms with Crippen LogP contribution in [0.2, 0.25) is 5.02 Å². The first-order chi connectivity index (χ1) is 17.0. The maximum absolute atomic E-state index is 12.5. The van der Waals surface area contributed by atoms with Crippen molar-refractivity contribution in [1.29, 1.82) is 0 Å². The number of aliphatic carboxylic acids is 1. The first-order valence-corrected chi connectivity index (χ1v) is 11.5. The molecule has 2 atom stereocenters. The van der Waals surface area contributed by atoms with Crippen molar-refractivity contribution in [3.8, 4) is 23.0 Å². The number of carboxylic acids is 1. The van der Waals surface area contributed by atoms with Gasteiger partial charge in [0.25, 0.3) is 5.91 Å². The van der Waals surface area contributed by atoms with E-state index in [2.05, 4.69) is 5.32 Å². The van der Waals surface area contributed by atoms with Gasteiger partial charge in [0, 0.05) is 29.1 Å². The van der Waals surface area contributed by atoms with Crippen LogP contribution in [0.4, 0.5) is 0 Å². The Morgan fingerprint density at radius 3 is 2.57 bits per heavy atom. The Morgan fingerprint density at radius 1 is 1.00 bits per heavy atom. The second-order valence-corrected chi connectivity index (χ2v) is 8.63. The lowest BCUT2D eigenvalue weighted by atomic mass is 9.92.